The van der Waals surface area contributed by atoms with E-state index in [9.17, 15) is 9.59 Å². The summed E-state index contributed by atoms with van der Waals surface area (Å²) in [5.41, 5.74) is 1.85. The number of hydrogen-bond donors (Lipinski definition) is 2. The number of benzene rings is 1. The summed E-state index contributed by atoms with van der Waals surface area (Å²) in [5.74, 6) is 0.865. The Morgan fingerprint density at radius 1 is 1.32 bits per heavy atom. The molecule has 2 N–H and O–H groups in total. The monoisotopic (exact) mass is 343 g/mol. The van der Waals surface area contributed by atoms with Crippen molar-refractivity contribution in [2.24, 2.45) is 5.92 Å². The highest BCUT2D eigenvalue weighted by molar-refractivity contribution is 5.88. The minimum atomic E-state index is -0.449. The minimum absolute atomic E-state index is 0.0452. The molecule has 1 saturated heterocycles. The summed E-state index contributed by atoms with van der Waals surface area (Å²) < 4.78 is 6.01. The quantitative estimate of drug-likeness (QED) is 0.896. The molecular weight excluding hydrogens is 318 g/mol. The van der Waals surface area contributed by atoms with Gasteiger partial charge in [-0.3, -0.25) is 4.79 Å². The highest BCUT2D eigenvalue weighted by atomic mass is 16.3. The Morgan fingerprint density at radius 3 is 2.64 bits per heavy atom. The molecule has 3 rings (SSSR count). The van der Waals surface area contributed by atoms with Gasteiger partial charge in [-0.1, -0.05) is 32.0 Å². The van der Waals surface area contributed by atoms with Gasteiger partial charge in [0.15, 0.2) is 0 Å². The van der Waals surface area contributed by atoms with Crippen molar-refractivity contribution in [2.75, 3.05) is 13.6 Å². The topological polar surface area (TPSA) is 74.6 Å². The highest BCUT2D eigenvalue weighted by Crippen LogP contribution is 2.32. The molecular formula is C19H25N3O3. The van der Waals surface area contributed by atoms with Crippen molar-refractivity contribution in [1.29, 1.82) is 0 Å². The lowest BCUT2D eigenvalue weighted by Crippen LogP contribution is -2.47. The molecule has 3 amide bonds. The van der Waals surface area contributed by atoms with Crippen LogP contribution in [0, 0.1) is 12.8 Å². The fourth-order valence-electron chi connectivity index (χ4n) is 3.32. The van der Waals surface area contributed by atoms with Gasteiger partial charge in [-0.05, 0) is 25.3 Å². The molecule has 0 radical (unpaired) electrons. The van der Waals surface area contributed by atoms with Crippen molar-refractivity contribution >= 4 is 22.9 Å². The maximum absolute atomic E-state index is 12.4. The second kappa shape index (κ2) is 6.78. The summed E-state index contributed by atoms with van der Waals surface area (Å²) in [5, 5.41) is 6.82. The summed E-state index contributed by atoms with van der Waals surface area (Å²) in [6, 6.07) is 6.80. The van der Waals surface area contributed by atoms with Crippen molar-refractivity contribution in [3.63, 3.8) is 0 Å². The number of aryl methyl sites for hydroxylation is 1. The molecule has 1 unspecified atom stereocenters. The van der Waals surface area contributed by atoms with E-state index in [1.54, 1.807) is 11.9 Å². The SMILES string of the molecule is Cc1c([C@H](NC(=O)NC2CCN(C)C2=O)C(C)C)oc2ccccc12. The number of urea groups is 1. The molecule has 0 saturated carbocycles. The third-order valence-corrected chi connectivity index (χ3v) is 4.85. The van der Waals surface area contributed by atoms with Crippen molar-refractivity contribution in [3.8, 4) is 0 Å². The van der Waals surface area contributed by atoms with Crippen LogP contribution in [-0.2, 0) is 4.79 Å². The second-order valence-corrected chi connectivity index (χ2v) is 7.03. The number of carbonyl (C=O) groups is 2. The number of hydrogen-bond acceptors (Lipinski definition) is 3. The lowest BCUT2D eigenvalue weighted by Gasteiger charge is -2.22. The van der Waals surface area contributed by atoms with Crippen LogP contribution in [0.25, 0.3) is 11.0 Å². The van der Waals surface area contributed by atoms with Crippen LogP contribution in [0.2, 0.25) is 0 Å². The highest BCUT2D eigenvalue weighted by Gasteiger charge is 2.32. The van der Waals surface area contributed by atoms with Crippen molar-refractivity contribution in [2.45, 2.75) is 39.3 Å². The first-order valence-corrected chi connectivity index (χ1v) is 8.68. The van der Waals surface area contributed by atoms with E-state index in [4.69, 9.17) is 4.42 Å². The Labute approximate surface area is 147 Å². The van der Waals surface area contributed by atoms with E-state index in [2.05, 4.69) is 10.6 Å². The Morgan fingerprint density at radius 2 is 2.04 bits per heavy atom. The molecule has 1 aliphatic heterocycles. The molecule has 6 heteroatoms. The van der Waals surface area contributed by atoms with Crippen LogP contribution in [0.4, 0.5) is 4.79 Å². The Kier molecular flexibility index (Phi) is 4.70. The number of likely N-dealkylation sites (tertiary alicyclic amines) is 1. The van der Waals surface area contributed by atoms with Crippen LogP contribution < -0.4 is 10.6 Å². The number of para-hydroxylation sites is 1. The summed E-state index contributed by atoms with van der Waals surface area (Å²) in [7, 11) is 1.75. The molecule has 2 aromatic rings. The van der Waals surface area contributed by atoms with Crippen molar-refractivity contribution in [3.05, 3.63) is 35.6 Å². The number of carbonyl (C=O) groups excluding carboxylic acids is 2. The van der Waals surface area contributed by atoms with Crippen LogP contribution in [0.5, 0.6) is 0 Å². The predicted octanol–water partition coefficient (Wildman–Crippen LogP) is 2.97. The summed E-state index contributed by atoms with van der Waals surface area (Å²) >= 11 is 0. The van der Waals surface area contributed by atoms with Crippen LogP contribution >= 0.6 is 0 Å². The lowest BCUT2D eigenvalue weighted by molar-refractivity contribution is -0.128. The van der Waals surface area contributed by atoms with Gasteiger partial charge in [0.1, 0.15) is 17.4 Å². The number of nitrogens with zero attached hydrogens (tertiary/aromatic N) is 1. The zero-order valence-electron chi connectivity index (χ0n) is 15.1. The van der Waals surface area contributed by atoms with Gasteiger partial charge in [0.25, 0.3) is 0 Å². The van der Waals surface area contributed by atoms with Gasteiger partial charge < -0.3 is 20.0 Å². The molecule has 2 heterocycles. The number of furan rings is 1. The summed E-state index contributed by atoms with van der Waals surface area (Å²) in [4.78, 5) is 26.0. The zero-order chi connectivity index (χ0) is 18.1. The van der Waals surface area contributed by atoms with Crippen molar-refractivity contribution < 1.29 is 14.0 Å². The number of likely N-dealkylation sites (N-methyl/N-ethyl adjacent to an activating group) is 1. The van der Waals surface area contributed by atoms with E-state index in [0.29, 0.717) is 13.0 Å². The number of fused-ring (bicyclic) bond motifs is 1. The molecule has 2 atom stereocenters. The average molecular weight is 343 g/mol. The van der Waals surface area contributed by atoms with Gasteiger partial charge in [-0.15, -0.1) is 0 Å². The first kappa shape index (κ1) is 17.3. The average Bonchev–Trinajstić information content (AvgIpc) is 3.07. The predicted molar refractivity (Wildman–Crippen MR) is 96.2 cm³/mol. The number of nitrogens with one attached hydrogen (secondary N) is 2. The van der Waals surface area contributed by atoms with Gasteiger partial charge in [0, 0.05) is 24.5 Å². The van der Waals surface area contributed by atoms with Gasteiger partial charge >= 0.3 is 6.03 Å². The Hall–Kier alpha value is -2.50. The first-order chi connectivity index (χ1) is 11.9. The molecule has 6 nitrogen and oxygen atoms in total. The fraction of sp³-hybridized carbons (Fsp3) is 0.474. The van der Waals surface area contributed by atoms with E-state index < -0.39 is 6.04 Å². The third kappa shape index (κ3) is 3.34. The van der Waals surface area contributed by atoms with Crippen LogP contribution in [0.1, 0.15) is 37.6 Å². The first-order valence-electron chi connectivity index (χ1n) is 8.68. The molecule has 134 valence electrons. The standard InChI is InChI=1S/C19H25N3O3/c1-11(2)16(17-12(3)13-7-5-6-8-15(13)25-17)21-19(24)20-14-9-10-22(4)18(14)23/h5-8,11,14,16H,9-10H2,1-4H3,(H2,20,21,24)/t14?,16-/m1/s1. The van der Waals surface area contributed by atoms with Gasteiger partial charge in [0.2, 0.25) is 5.91 Å². The van der Waals surface area contributed by atoms with Gasteiger partial charge in [-0.25, -0.2) is 4.79 Å². The molecule has 1 aromatic carbocycles. The normalized spacial score (nSPS) is 18.8. The second-order valence-electron chi connectivity index (χ2n) is 7.03. The van der Waals surface area contributed by atoms with E-state index in [1.807, 2.05) is 45.0 Å². The van der Waals surface area contributed by atoms with Crippen LogP contribution in [0.3, 0.4) is 0 Å². The van der Waals surface area contributed by atoms with E-state index in [0.717, 1.165) is 22.3 Å². The minimum Gasteiger partial charge on any atom is -0.459 e. The largest absolute Gasteiger partial charge is 0.459 e. The third-order valence-electron chi connectivity index (χ3n) is 4.85. The number of amides is 3. The van der Waals surface area contributed by atoms with E-state index in [-0.39, 0.29) is 23.9 Å². The lowest BCUT2D eigenvalue weighted by atomic mass is 9.98. The maximum Gasteiger partial charge on any atom is 0.316 e. The molecule has 0 aliphatic carbocycles. The van der Waals surface area contributed by atoms with Gasteiger partial charge in [-0.2, -0.15) is 0 Å². The Bertz CT molecular complexity index is 796. The molecule has 1 aromatic heterocycles. The Balaban J connectivity index is 1.78. The van der Waals surface area contributed by atoms with Crippen LogP contribution in [0.15, 0.2) is 28.7 Å². The molecule has 0 spiro atoms. The zero-order valence-corrected chi connectivity index (χ0v) is 15.1. The summed E-state index contributed by atoms with van der Waals surface area (Å²) in [6.07, 6.45) is 0.638. The molecule has 0 bridgehead atoms. The van der Waals surface area contributed by atoms with Crippen molar-refractivity contribution in [1.82, 2.24) is 15.5 Å². The maximum atomic E-state index is 12.4. The molecule has 25 heavy (non-hydrogen) atoms. The fourth-order valence-corrected chi connectivity index (χ4v) is 3.32. The molecule has 1 aliphatic rings. The van der Waals surface area contributed by atoms with E-state index in [1.165, 1.54) is 0 Å². The van der Waals surface area contributed by atoms with E-state index >= 15 is 0 Å². The smallest absolute Gasteiger partial charge is 0.316 e. The summed E-state index contributed by atoms with van der Waals surface area (Å²) in [6.45, 7) is 6.74. The van der Waals surface area contributed by atoms with Gasteiger partial charge in [0.05, 0.1) is 6.04 Å². The molecule has 1 fully saturated rings. The number of rotatable bonds is 4. The van der Waals surface area contributed by atoms with Crippen LogP contribution in [-0.4, -0.2) is 36.5 Å².